The Kier molecular flexibility index (Phi) is 35.7. The number of halogens is 2. The smallest absolute Gasteiger partial charge is 0.167 e. The molecule has 4 saturated heterocycles. The van der Waals surface area contributed by atoms with Crippen LogP contribution in [0.15, 0.2) is 122 Å². The first kappa shape index (κ1) is 107. The van der Waals surface area contributed by atoms with Gasteiger partial charge in [0.1, 0.15) is 152 Å². The highest BCUT2D eigenvalue weighted by molar-refractivity contribution is 7.92. The Balaban J connectivity index is 0.000000159. The molecule has 4 fully saturated rings. The highest BCUT2D eigenvalue weighted by Gasteiger charge is 2.42. The average molecular weight is 2070 g/mol. The summed E-state index contributed by atoms with van der Waals surface area (Å²) in [6, 6.07) is 25.3. The van der Waals surface area contributed by atoms with Crippen molar-refractivity contribution in [3.63, 3.8) is 0 Å². The lowest BCUT2D eigenvalue weighted by Gasteiger charge is -2.21. The van der Waals surface area contributed by atoms with Crippen molar-refractivity contribution in [3.05, 3.63) is 213 Å². The van der Waals surface area contributed by atoms with Gasteiger partial charge in [-0.25, -0.2) is 73.5 Å². The molecule has 12 atom stereocenters. The third-order valence-electron chi connectivity index (χ3n) is 25.3. The van der Waals surface area contributed by atoms with Crippen molar-refractivity contribution in [2.45, 2.75) is 199 Å². The number of hydrogen-bond donors (Lipinski definition) is 0. The minimum atomic E-state index is -3.75. The van der Waals surface area contributed by atoms with E-state index in [1.807, 2.05) is 12.1 Å². The molecule has 142 heavy (non-hydrogen) atoms. The minimum Gasteiger partial charge on any atom is -0.494 e. The fraction of sp³-hybridized carbons (Fsp3) is 0.468. The number of ether oxygens (including phenoxy) is 12. The van der Waals surface area contributed by atoms with Crippen LogP contribution in [-0.4, -0.2) is 237 Å². The van der Waals surface area contributed by atoms with Crippen LogP contribution in [0.3, 0.4) is 0 Å². The second kappa shape index (κ2) is 47.5. The molecule has 0 unspecified atom stereocenters. The predicted molar refractivity (Wildman–Crippen MR) is 519 cm³/mol. The van der Waals surface area contributed by atoms with Gasteiger partial charge in [0.2, 0.25) is 0 Å². The summed E-state index contributed by atoms with van der Waals surface area (Å²) >= 11 is 11.8. The molecule has 0 amide bonds. The van der Waals surface area contributed by atoms with E-state index in [0.29, 0.717) is 163 Å². The van der Waals surface area contributed by atoms with Crippen molar-refractivity contribution in [1.29, 1.82) is 10.5 Å². The van der Waals surface area contributed by atoms with Crippen LogP contribution in [0.25, 0.3) is 22.7 Å². The molecular formula is C94H112Cl2N22O20S4. The van der Waals surface area contributed by atoms with Crippen LogP contribution in [-0.2, 0) is 81.3 Å². The molecule has 16 rings (SSSR count). The van der Waals surface area contributed by atoms with Crippen LogP contribution in [0.4, 0.5) is 0 Å². The zero-order valence-corrected chi connectivity index (χ0v) is 86.0. The summed E-state index contributed by atoms with van der Waals surface area (Å²) < 4.78 is 183. The number of sulfone groups is 4. The maximum absolute atomic E-state index is 13.6. The van der Waals surface area contributed by atoms with E-state index in [-0.39, 0.29) is 70.7 Å². The number of para-hydroxylation sites is 4. The third kappa shape index (κ3) is 24.0. The molecule has 4 aromatic carbocycles. The summed E-state index contributed by atoms with van der Waals surface area (Å²) in [5, 5.41) is 50.0. The first-order valence-corrected chi connectivity index (χ1v) is 53.1. The van der Waals surface area contributed by atoms with Crippen molar-refractivity contribution in [2.24, 2.45) is 0 Å². The molecule has 48 heteroatoms. The predicted octanol–water partition coefficient (Wildman–Crippen LogP) is 13.2. The lowest BCUT2D eigenvalue weighted by molar-refractivity contribution is 0.103. The molecule has 0 bridgehead atoms. The van der Waals surface area contributed by atoms with E-state index in [2.05, 4.69) is 80.7 Å². The normalized spacial score (nSPS) is 17.6. The quantitative estimate of drug-likeness (QED) is 0.0352. The maximum atomic E-state index is 13.6. The monoisotopic (exact) mass is 2070 g/mol. The van der Waals surface area contributed by atoms with Crippen molar-refractivity contribution in [2.75, 3.05) is 83.3 Å². The highest BCUT2D eigenvalue weighted by atomic mass is 35.5. The zero-order valence-electron chi connectivity index (χ0n) is 81.2. The Labute approximate surface area is 833 Å². The number of nitrogens with zero attached hydrogens (tertiary/aromatic N) is 22. The number of nitriles is 2. The average Bonchev–Trinajstić information content (AvgIpc) is 1.67. The Bertz CT molecular complexity index is 6420. The van der Waals surface area contributed by atoms with Gasteiger partial charge in [0.25, 0.3) is 0 Å². The number of hydrogen-bond acceptors (Lipinski definition) is 38. The van der Waals surface area contributed by atoms with Gasteiger partial charge >= 0.3 is 0 Å². The Hall–Kier alpha value is -12.6. The van der Waals surface area contributed by atoms with Crippen LogP contribution in [0.2, 0.25) is 10.0 Å². The molecule has 4 aliphatic heterocycles. The van der Waals surface area contributed by atoms with Gasteiger partial charge in [0.15, 0.2) is 85.9 Å². The molecular weight excluding hydrogens is 1960 g/mol. The first-order valence-electron chi connectivity index (χ1n) is 45.5. The molecule has 756 valence electrons. The van der Waals surface area contributed by atoms with E-state index >= 15 is 0 Å². The molecule has 0 radical (unpaired) electrons. The fourth-order valence-electron chi connectivity index (χ4n) is 16.5. The molecule has 8 aromatic heterocycles. The van der Waals surface area contributed by atoms with Gasteiger partial charge in [-0.3, -0.25) is 18.3 Å². The standard InChI is InChI=1S/2C24H28N6O5S.2C23H28ClN5O5S/c2*1-15(23-26-12-17(11-25)13-27-23)16(2)36(31,32)14-21-28-29-24(20-9-6-10-35-20)30(21)22-18(33-3)7-5-8-19(22)34-4;2*1-14(22-25-11-16(24)12-26-22)15(2)35(30,31)13-20-27-28-23(19-9-6-10-34-19)29(20)21-17(32-3)7-5-8-18(21)33-4/h2*5,7-8,12-13,15-16,20H,6,9-10,14H2,1-4H3;2*5,7-8,11-12,14-15,19H,6,9-10,13H2,1-4H3/t15-,16-,20+;15-,16-,20-;14-,15-,19+;14-,15-,19-/m0000/s1. The number of rotatable bonds is 36. The van der Waals surface area contributed by atoms with Crippen LogP contribution in [0.5, 0.6) is 46.0 Å². The third-order valence-corrected chi connectivity index (χ3v) is 34.5. The summed E-state index contributed by atoms with van der Waals surface area (Å²) in [5.41, 5.74) is 2.70. The lowest BCUT2D eigenvalue weighted by Crippen LogP contribution is -2.27. The van der Waals surface area contributed by atoms with Gasteiger partial charge < -0.3 is 56.8 Å². The molecule has 0 spiro atoms. The summed E-state index contributed by atoms with van der Waals surface area (Å²) in [6.07, 6.45) is 16.6. The molecule has 42 nitrogen and oxygen atoms in total. The van der Waals surface area contributed by atoms with Crippen molar-refractivity contribution in [3.8, 4) is 80.9 Å². The molecule has 4 aliphatic rings. The summed E-state index contributed by atoms with van der Waals surface area (Å²) in [6.45, 7) is 15.9. The Morgan fingerprint density at radius 2 is 0.500 bits per heavy atom. The van der Waals surface area contributed by atoms with Gasteiger partial charge in [-0.05, 0) is 128 Å². The molecule has 12 aromatic rings. The van der Waals surface area contributed by atoms with Gasteiger partial charge in [-0.15, -0.1) is 40.8 Å². The minimum absolute atomic E-state index is 0.225. The lowest BCUT2D eigenvalue weighted by atomic mass is 10.1. The van der Waals surface area contributed by atoms with Gasteiger partial charge in [0, 0.05) is 99.7 Å². The number of methoxy groups -OCH3 is 8. The van der Waals surface area contributed by atoms with Crippen molar-refractivity contribution >= 4 is 62.6 Å². The van der Waals surface area contributed by atoms with Crippen molar-refractivity contribution < 1.29 is 90.5 Å². The molecule has 0 N–H and O–H groups in total. The second-order valence-electron chi connectivity index (χ2n) is 33.9. The first-order chi connectivity index (χ1) is 68.1. The van der Waals surface area contributed by atoms with E-state index in [0.717, 1.165) is 51.4 Å². The van der Waals surface area contributed by atoms with E-state index in [1.54, 1.807) is 175 Å². The van der Waals surface area contributed by atoms with Crippen LogP contribution in [0, 0.1) is 22.7 Å². The Morgan fingerprint density at radius 1 is 0.317 bits per heavy atom. The summed E-state index contributed by atoms with van der Waals surface area (Å²) in [4.78, 5) is 33.5. The van der Waals surface area contributed by atoms with Gasteiger partial charge in [-0.2, -0.15) is 10.5 Å². The number of aromatic nitrogens is 20. The SMILES string of the molecule is COc1cccc(OC)c1-n1c(CS(=O)(=O)[C@@H](C)[C@H](C)c2ncc(C#N)cn2)nnc1[C@@H]1CCCO1.COc1cccc(OC)c1-n1c(CS(=O)(=O)[C@@H](C)[C@H](C)c2ncc(C#N)cn2)nnc1[C@H]1CCCO1.COc1cccc(OC)c1-n1c(CS(=O)(=O)[C@@H](C)[C@H](C)c2ncc(Cl)cn2)nnc1[C@@H]1CCCO1.COc1cccc(OC)c1-n1c(CS(=O)(=O)[C@@H](C)[C@H](C)c2ncc(Cl)cn2)nnc1[C@H]1CCCO1. The second-order valence-corrected chi connectivity index (χ2v) is 44.2. The van der Waals surface area contributed by atoms with Gasteiger partial charge in [0.05, 0.1) is 99.1 Å². The van der Waals surface area contributed by atoms with E-state index in [4.69, 9.17) is 90.6 Å². The highest BCUT2D eigenvalue weighted by Crippen LogP contribution is 2.45. The van der Waals surface area contributed by atoms with Crippen LogP contribution >= 0.6 is 23.2 Å². The number of benzene rings is 4. The molecule has 0 saturated carbocycles. The maximum Gasteiger partial charge on any atom is 0.167 e. The van der Waals surface area contributed by atoms with Crippen molar-refractivity contribution in [1.82, 2.24) is 98.9 Å². The fourth-order valence-corrected chi connectivity index (χ4v) is 23.0. The van der Waals surface area contributed by atoms with Crippen LogP contribution < -0.4 is 37.9 Å². The van der Waals surface area contributed by atoms with E-state index < -0.39 is 84.0 Å². The molecule has 0 aliphatic carbocycles. The summed E-state index contributed by atoms with van der Waals surface area (Å²) in [7, 11) is -2.61. The topological polar surface area (TPSA) is 521 Å². The zero-order chi connectivity index (χ0) is 102. The van der Waals surface area contributed by atoms with Gasteiger partial charge in [-0.1, -0.05) is 75.2 Å². The van der Waals surface area contributed by atoms with E-state index in [9.17, 15) is 33.7 Å². The molecule has 12 heterocycles. The summed E-state index contributed by atoms with van der Waals surface area (Å²) in [5.74, 6) is 4.95. The largest absolute Gasteiger partial charge is 0.494 e. The van der Waals surface area contributed by atoms with E-state index in [1.165, 1.54) is 78.0 Å². The van der Waals surface area contributed by atoms with Crippen LogP contribution in [0.1, 0.15) is 236 Å². The Morgan fingerprint density at radius 3 is 0.662 bits per heavy atom.